The number of halogens is 1. The molecule has 0 spiro atoms. The first-order chi connectivity index (χ1) is 10.7. The molecule has 1 aromatic carbocycles. The number of nitrogens with one attached hydrogen (secondary N) is 1. The third kappa shape index (κ3) is 3.06. The van der Waals surface area contributed by atoms with Crippen molar-refractivity contribution >= 4 is 33.5 Å². The molecule has 3 rings (SSSR count). The summed E-state index contributed by atoms with van der Waals surface area (Å²) in [6.07, 6.45) is 0.793. The van der Waals surface area contributed by atoms with Crippen LogP contribution in [0.25, 0.3) is 0 Å². The highest BCUT2D eigenvalue weighted by Gasteiger charge is 2.30. The van der Waals surface area contributed by atoms with Gasteiger partial charge in [0.05, 0.1) is 6.54 Å². The van der Waals surface area contributed by atoms with Crippen molar-refractivity contribution in [1.29, 1.82) is 0 Å². The fourth-order valence-electron chi connectivity index (χ4n) is 2.31. The lowest BCUT2D eigenvalue weighted by molar-refractivity contribution is 0.187. The van der Waals surface area contributed by atoms with Gasteiger partial charge in [0.1, 0.15) is 10.7 Å². The number of carbonyl (C=O) groups excluding carboxylic acids is 1. The molecule has 6 heteroatoms. The van der Waals surface area contributed by atoms with Crippen molar-refractivity contribution in [2.24, 2.45) is 0 Å². The van der Waals surface area contributed by atoms with Gasteiger partial charge in [0, 0.05) is 5.69 Å². The summed E-state index contributed by atoms with van der Waals surface area (Å²) >= 11 is 3.34. The van der Waals surface area contributed by atoms with E-state index in [9.17, 15) is 4.79 Å². The predicted octanol–water partition coefficient (Wildman–Crippen LogP) is 4.05. The van der Waals surface area contributed by atoms with E-state index in [1.54, 1.807) is 4.90 Å². The quantitative estimate of drug-likeness (QED) is 0.820. The summed E-state index contributed by atoms with van der Waals surface area (Å²) in [5.41, 5.74) is 0.753. The number of para-hydroxylation sites is 1. The van der Waals surface area contributed by atoms with Gasteiger partial charge >= 0.3 is 6.03 Å². The zero-order chi connectivity index (χ0) is 15.5. The normalized spacial score (nSPS) is 16.6. The summed E-state index contributed by atoms with van der Waals surface area (Å²) < 4.78 is 6.53. The minimum atomic E-state index is -0.209. The van der Waals surface area contributed by atoms with Gasteiger partial charge in [0.25, 0.3) is 0 Å². The first-order valence-electron chi connectivity index (χ1n) is 7.14. The first kappa shape index (κ1) is 14.8. The summed E-state index contributed by atoms with van der Waals surface area (Å²) in [4.78, 5) is 18.6. The number of anilines is 2. The molecule has 0 radical (unpaired) electrons. The van der Waals surface area contributed by atoms with Crippen molar-refractivity contribution in [3.63, 3.8) is 0 Å². The fourth-order valence-corrected chi connectivity index (χ4v) is 2.61. The number of nitrogens with zero attached hydrogens (tertiary/aromatic N) is 2. The highest BCUT2D eigenvalue weighted by atomic mass is 79.9. The lowest BCUT2D eigenvalue weighted by atomic mass is 10.2. The molecule has 114 valence electrons. The third-order valence-electron chi connectivity index (χ3n) is 3.47. The molecule has 0 bridgehead atoms. The van der Waals surface area contributed by atoms with Crippen LogP contribution in [0.1, 0.15) is 13.3 Å². The highest BCUT2D eigenvalue weighted by Crippen LogP contribution is 2.33. The molecule has 1 aromatic heterocycles. The smallest absolute Gasteiger partial charge is 0.327 e. The van der Waals surface area contributed by atoms with Gasteiger partial charge in [0.15, 0.2) is 11.6 Å². The Morgan fingerprint density at radius 3 is 2.86 bits per heavy atom. The maximum atomic E-state index is 12.6. The lowest BCUT2D eigenvalue weighted by Gasteiger charge is -2.33. The predicted molar refractivity (Wildman–Crippen MR) is 89.5 cm³/mol. The Balaban J connectivity index is 1.88. The zero-order valence-electron chi connectivity index (χ0n) is 12.1. The van der Waals surface area contributed by atoms with Crippen LogP contribution in [0.15, 0.2) is 47.1 Å². The molecule has 2 heterocycles. The monoisotopic (exact) mass is 361 g/mol. The summed E-state index contributed by atoms with van der Waals surface area (Å²) in [5.74, 6) is 1.16. The molecule has 1 aliphatic rings. The van der Waals surface area contributed by atoms with Crippen LogP contribution in [0.5, 0.6) is 5.75 Å². The van der Waals surface area contributed by atoms with Crippen LogP contribution in [0, 0.1) is 0 Å². The minimum absolute atomic E-state index is 0.0306. The second-order valence-electron chi connectivity index (χ2n) is 5.01. The van der Waals surface area contributed by atoms with Crippen molar-refractivity contribution in [3.05, 3.63) is 47.1 Å². The molecule has 2 amide bonds. The minimum Gasteiger partial charge on any atom is -0.485 e. The molecule has 0 fully saturated rings. The third-order valence-corrected chi connectivity index (χ3v) is 3.91. The average molecular weight is 362 g/mol. The number of fused-ring (bicyclic) bond motifs is 1. The molecule has 1 N–H and O–H groups in total. The van der Waals surface area contributed by atoms with E-state index in [-0.39, 0.29) is 12.1 Å². The number of urea groups is 1. The van der Waals surface area contributed by atoms with E-state index >= 15 is 0 Å². The first-order valence-corrected chi connectivity index (χ1v) is 7.93. The van der Waals surface area contributed by atoms with Crippen molar-refractivity contribution in [2.75, 3.05) is 16.8 Å². The Labute approximate surface area is 137 Å². The van der Waals surface area contributed by atoms with E-state index < -0.39 is 0 Å². The van der Waals surface area contributed by atoms with E-state index in [0.717, 1.165) is 12.1 Å². The number of amides is 2. The molecule has 1 aliphatic heterocycles. The van der Waals surface area contributed by atoms with Gasteiger partial charge in [-0.2, -0.15) is 0 Å². The van der Waals surface area contributed by atoms with Gasteiger partial charge in [-0.15, -0.1) is 0 Å². The molecule has 0 saturated carbocycles. The van der Waals surface area contributed by atoms with Gasteiger partial charge in [-0.3, -0.25) is 4.90 Å². The average Bonchev–Trinajstić information content (AvgIpc) is 2.54. The Morgan fingerprint density at radius 2 is 2.14 bits per heavy atom. The SMILES string of the molecule is CCC1CN(C(=O)Nc2ccccc2)c2nc(Br)ccc2O1. The molecule has 0 aliphatic carbocycles. The maximum absolute atomic E-state index is 12.6. The Kier molecular flexibility index (Phi) is 4.29. The highest BCUT2D eigenvalue weighted by molar-refractivity contribution is 9.10. The number of carbonyl (C=O) groups is 1. The number of hydrogen-bond donors (Lipinski definition) is 1. The molecule has 1 unspecified atom stereocenters. The van der Waals surface area contributed by atoms with E-state index in [0.29, 0.717) is 22.7 Å². The number of hydrogen-bond acceptors (Lipinski definition) is 3. The number of rotatable bonds is 2. The molecule has 22 heavy (non-hydrogen) atoms. The second-order valence-corrected chi connectivity index (χ2v) is 5.82. The Morgan fingerprint density at radius 1 is 1.36 bits per heavy atom. The molecule has 5 nitrogen and oxygen atoms in total. The van der Waals surface area contributed by atoms with Crippen LogP contribution >= 0.6 is 15.9 Å². The molecular weight excluding hydrogens is 346 g/mol. The van der Waals surface area contributed by atoms with Crippen molar-refractivity contribution in [2.45, 2.75) is 19.4 Å². The molecule has 1 atom stereocenters. The van der Waals surface area contributed by atoms with Crippen molar-refractivity contribution in [3.8, 4) is 5.75 Å². The van der Waals surface area contributed by atoms with E-state index in [2.05, 4.69) is 26.2 Å². The van der Waals surface area contributed by atoms with E-state index in [1.807, 2.05) is 49.4 Å². The van der Waals surface area contributed by atoms with Gasteiger partial charge in [0.2, 0.25) is 0 Å². The van der Waals surface area contributed by atoms with Gasteiger partial charge in [-0.05, 0) is 46.6 Å². The van der Waals surface area contributed by atoms with Crippen LogP contribution < -0.4 is 15.0 Å². The number of pyridine rings is 1. The van der Waals surface area contributed by atoms with Crippen LogP contribution in [-0.2, 0) is 0 Å². The van der Waals surface area contributed by atoms with Crippen molar-refractivity contribution < 1.29 is 9.53 Å². The van der Waals surface area contributed by atoms with Crippen LogP contribution in [-0.4, -0.2) is 23.7 Å². The molecule has 0 saturated heterocycles. The number of benzene rings is 1. The lowest BCUT2D eigenvalue weighted by Crippen LogP contribution is -2.45. The molecule has 2 aromatic rings. The summed E-state index contributed by atoms with van der Waals surface area (Å²) in [6, 6.07) is 12.8. The van der Waals surface area contributed by atoms with Crippen molar-refractivity contribution in [1.82, 2.24) is 4.98 Å². The summed E-state index contributed by atoms with van der Waals surface area (Å²) in [7, 11) is 0. The largest absolute Gasteiger partial charge is 0.485 e. The standard InChI is InChI=1S/C16H16BrN3O2/c1-2-12-10-20(15-13(22-12)8-9-14(17)19-15)16(21)18-11-6-4-3-5-7-11/h3-9,12H,2,10H2,1H3,(H,18,21). The van der Waals surface area contributed by atoms with Gasteiger partial charge in [-0.25, -0.2) is 9.78 Å². The number of aromatic nitrogens is 1. The summed E-state index contributed by atoms with van der Waals surface area (Å²) in [6.45, 7) is 2.51. The Hall–Kier alpha value is -2.08. The second kappa shape index (κ2) is 6.36. The van der Waals surface area contributed by atoms with Crippen LogP contribution in [0.4, 0.5) is 16.3 Å². The van der Waals surface area contributed by atoms with E-state index in [1.165, 1.54) is 0 Å². The summed E-state index contributed by atoms with van der Waals surface area (Å²) in [5, 5.41) is 2.89. The van der Waals surface area contributed by atoms with Crippen LogP contribution in [0.2, 0.25) is 0 Å². The fraction of sp³-hybridized carbons (Fsp3) is 0.250. The topological polar surface area (TPSA) is 54.5 Å². The Bertz CT molecular complexity index is 678. The van der Waals surface area contributed by atoms with Gasteiger partial charge < -0.3 is 10.1 Å². The van der Waals surface area contributed by atoms with E-state index in [4.69, 9.17) is 4.74 Å². The van der Waals surface area contributed by atoms with Gasteiger partial charge in [-0.1, -0.05) is 25.1 Å². The van der Waals surface area contributed by atoms with Crippen LogP contribution in [0.3, 0.4) is 0 Å². The number of ether oxygens (including phenoxy) is 1. The zero-order valence-corrected chi connectivity index (χ0v) is 13.7. The molecular formula is C16H16BrN3O2. The maximum Gasteiger partial charge on any atom is 0.327 e.